The van der Waals surface area contributed by atoms with Crippen LogP contribution in [0.4, 0.5) is 0 Å². The number of benzene rings is 1. The fraction of sp³-hybridized carbons (Fsp3) is 0.412. The molecule has 0 heterocycles. The van der Waals surface area contributed by atoms with Crippen LogP contribution < -0.4 is 15.5 Å². The van der Waals surface area contributed by atoms with Crippen molar-refractivity contribution >= 4 is 23.5 Å². The lowest BCUT2D eigenvalue weighted by Crippen LogP contribution is -2.42. The normalized spacial score (nSPS) is 25.6. The predicted octanol–water partition coefficient (Wildman–Crippen LogP) is 2.85. The van der Waals surface area contributed by atoms with Gasteiger partial charge in [0.05, 0.1) is 12.8 Å². The summed E-state index contributed by atoms with van der Waals surface area (Å²) in [4.78, 5) is 0. The average molecular weight is 315 g/mol. The average Bonchev–Trinajstić information content (AvgIpc) is 3.12. The summed E-state index contributed by atoms with van der Waals surface area (Å²) in [6, 6.07) is 8.25. The van der Waals surface area contributed by atoms with Crippen molar-refractivity contribution in [2.24, 2.45) is 16.9 Å². The summed E-state index contributed by atoms with van der Waals surface area (Å²) in [5.74, 6) is 2.23. The topological polar surface area (TPSA) is 45.6 Å². The number of hydrogen-bond acceptors (Lipinski definition) is 3. The molecule has 2 aliphatic rings. The van der Waals surface area contributed by atoms with Crippen LogP contribution in [-0.2, 0) is 0 Å². The molecule has 0 aromatic heterocycles. The first-order chi connectivity index (χ1) is 10.7. The van der Waals surface area contributed by atoms with Gasteiger partial charge < -0.3 is 10.1 Å². The Kier molecular flexibility index (Phi) is 4.73. The highest BCUT2D eigenvalue weighted by Gasteiger charge is 2.35. The molecule has 4 nitrogen and oxygen atoms in total. The van der Waals surface area contributed by atoms with Crippen molar-refractivity contribution in [3.8, 4) is 5.75 Å². The van der Waals surface area contributed by atoms with Gasteiger partial charge in [0, 0.05) is 6.04 Å². The minimum absolute atomic E-state index is 0.454. The van der Waals surface area contributed by atoms with E-state index >= 15 is 0 Å². The molecule has 1 aromatic carbocycles. The molecule has 1 aromatic rings. The van der Waals surface area contributed by atoms with E-state index in [0.717, 1.165) is 17.2 Å². The van der Waals surface area contributed by atoms with E-state index < -0.39 is 0 Å². The van der Waals surface area contributed by atoms with E-state index in [0.29, 0.717) is 23.7 Å². The maximum Gasteiger partial charge on any atom is 0.187 e. The number of allylic oxidation sites excluding steroid dienone is 1. The Morgan fingerprint density at radius 1 is 1.32 bits per heavy atom. The molecule has 22 heavy (non-hydrogen) atoms. The Labute approximate surface area is 136 Å². The Hall–Kier alpha value is -1.88. The molecule has 0 amide bonds. The molecule has 2 aliphatic carbocycles. The Balaban J connectivity index is 1.45. The van der Waals surface area contributed by atoms with Crippen LogP contribution in [0.3, 0.4) is 0 Å². The van der Waals surface area contributed by atoms with Gasteiger partial charge in [0.15, 0.2) is 5.11 Å². The number of thiocarbonyl (C=S) groups is 1. The van der Waals surface area contributed by atoms with Crippen LogP contribution in [0.2, 0.25) is 0 Å². The van der Waals surface area contributed by atoms with Gasteiger partial charge in [-0.1, -0.05) is 12.2 Å². The van der Waals surface area contributed by atoms with Crippen LogP contribution >= 0.6 is 12.2 Å². The maximum atomic E-state index is 5.41. The van der Waals surface area contributed by atoms with Crippen LogP contribution in [0.25, 0.3) is 0 Å². The van der Waals surface area contributed by atoms with Crippen molar-refractivity contribution in [1.29, 1.82) is 0 Å². The van der Waals surface area contributed by atoms with Gasteiger partial charge in [0.25, 0.3) is 0 Å². The smallest absolute Gasteiger partial charge is 0.187 e. The minimum atomic E-state index is 0.454. The fourth-order valence-electron chi connectivity index (χ4n) is 3.13. The van der Waals surface area contributed by atoms with E-state index in [4.69, 9.17) is 17.0 Å². The zero-order valence-corrected chi connectivity index (χ0v) is 13.5. The SMILES string of the molecule is CCOc1ccc(/C=N\NC(=S)N[C@H]2C[C@@H]3C=C[C@H]2C3)cc1. The Morgan fingerprint density at radius 2 is 2.14 bits per heavy atom. The predicted molar refractivity (Wildman–Crippen MR) is 93.2 cm³/mol. The van der Waals surface area contributed by atoms with Crippen LogP contribution in [0, 0.1) is 11.8 Å². The lowest BCUT2D eigenvalue weighted by Gasteiger charge is -2.20. The largest absolute Gasteiger partial charge is 0.494 e. The van der Waals surface area contributed by atoms with Gasteiger partial charge in [-0.2, -0.15) is 5.10 Å². The van der Waals surface area contributed by atoms with Gasteiger partial charge in [-0.05, 0) is 73.6 Å². The highest BCUT2D eigenvalue weighted by Crippen LogP contribution is 2.38. The summed E-state index contributed by atoms with van der Waals surface area (Å²) in [5.41, 5.74) is 3.89. The van der Waals surface area contributed by atoms with Crippen molar-refractivity contribution in [3.63, 3.8) is 0 Å². The first kappa shape index (κ1) is 15.0. The molecule has 0 unspecified atom stereocenters. The molecule has 0 saturated heterocycles. The van der Waals surface area contributed by atoms with E-state index in [1.165, 1.54) is 12.8 Å². The van der Waals surface area contributed by atoms with E-state index in [1.807, 2.05) is 31.2 Å². The summed E-state index contributed by atoms with van der Waals surface area (Å²) < 4.78 is 5.41. The molecule has 3 atom stereocenters. The maximum absolute atomic E-state index is 5.41. The number of nitrogens with one attached hydrogen (secondary N) is 2. The van der Waals surface area contributed by atoms with E-state index in [-0.39, 0.29) is 0 Å². The first-order valence-electron chi connectivity index (χ1n) is 7.75. The van der Waals surface area contributed by atoms with Gasteiger partial charge in [-0.25, -0.2) is 0 Å². The second-order valence-corrected chi connectivity index (χ2v) is 6.14. The molecule has 5 heteroatoms. The van der Waals surface area contributed by atoms with Crippen molar-refractivity contribution in [2.45, 2.75) is 25.8 Å². The second kappa shape index (κ2) is 6.92. The third-order valence-corrected chi connectivity index (χ3v) is 4.38. The Morgan fingerprint density at radius 3 is 2.77 bits per heavy atom. The van der Waals surface area contributed by atoms with Crippen molar-refractivity contribution < 1.29 is 4.74 Å². The van der Waals surface area contributed by atoms with E-state index in [1.54, 1.807) is 6.21 Å². The molecular formula is C17H21N3OS. The molecule has 1 fully saturated rings. The molecule has 0 spiro atoms. The second-order valence-electron chi connectivity index (χ2n) is 5.73. The third kappa shape index (κ3) is 3.65. The Bertz CT molecular complexity index is 582. The zero-order valence-electron chi connectivity index (χ0n) is 12.7. The fourth-order valence-corrected chi connectivity index (χ4v) is 3.33. The lowest BCUT2D eigenvalue weighted by molar-refractivity contribution is 0.340. The number of nitrogens with zero attached hydrogens (tertiary/aromatic N) is 1. The molecule has 2 bridgehead atoms. The quantitative estimate of drug-likeness (QED) is 0.380. The molecule has 2 N–H and O–H groups in total. The number of rotatable bonds is 5. The summed E-state index contributed by atoms with van der Waals surface area (Å²) in [5, 5.41) is 8.13. The van der Waals surface area contributed by atoms with Crippen molar-refractivity contribution in [3.05, 3.63) is 42.0 Å². The van der Waals surface area contributed by atoms with Crippen LogP contribution in [0.15, 0.2) is 41.5 Å². The van der Waals surface area contributed by atoms with Gasteiger partial charge >= 0.3 is 0 Å². The monoisotopic (exact) mass is 315 g/mol. The van der Waals surface area contributed by atoms with Crippen molar-refractivity contribution in [1.82, 2.24) is 10.7 Å². The van der Waals surface area contributed by atoms with Gasteiger partial charge in [-0.15, -0.1) is 0 Å². The number of ether oxygens (including phenoxy) is 1. The van der Waals surface area contributed by atoms with Gasteiger partial charge in [0.1, 0.15) is 5.75 Å². The van der Waals surface area contributed by atoms with Crippen LogP contribution in [0.1, 0.15) is 25.3 Å². The summed E-state index contributed by atoms with van der Waals surface area (Å²) in [7, 11) is 0. The molecule has 0 radical (unpaired) electrons. The van der Waals surface area contributed by atoms with E-state index in [2.05, 4.69) is 28.0 Å². The number of fused-ring (bicyclic) bond motifs is 2. The molecule has 3 rings (SSSR count). The molecule has 1 saturated carbocycles. The van der Waals surface area contributed by atoms with Gasteiger partial charge in [0.2, 0.25) is 0 Å². The zero-order chi connectivity index (χ0) is 15.4. The highest BCUT2D eigenvalue weighted by atomic mass is 32.1. The first-order valence-corrected chi connectivity index (χ1v) is 8.16. The lowest BCUT2D eigenvalue weighted by atomic mass is 10.0. The standard InChI is InChI=1S/C17H21N3OS/c1-2-21-15-7-4-12(5-8-15)11-18-20-17(22)19-16-10-13-3-6-14(16)9-13/h3-8,11,13-14,16H,2,9-10H2,1H3,(H2,19,20,22)/b18-11-/t13-,14+,16+/m1/s1. The van der Waals surface area contributed by atoms with Crippen LogP contribution in [-0.4, -0.2) is 24.0 Å². The van der Waals surface area contributed by atoms with E-state index in [9.17, 15) is 0 Å². The summed E-state index contributed by atoms with van der Waals surface area (Å²) in [6.07, 6.45) is 8.81. The number of hydrogen-bond donors (Lipinski definition) is 2. The molecular weight excluding hydrogens is 294 g/mol. The molecule has 116 valence electrons. The summed E-state index contributed by atoms with van der Waals surface area (Å²) >= 11 is 5.30. The minimum Gasteiger partial charge on any atom is -0.494 e. The van der Waals surface area contributed by atoms with Gasteiger partial charge in [-0.3, -0.25) is 5.43 Å². The van der Waals surface area contributed by atoms with Crippen LogP contribution in [0.5, 0.6) is 5.75 Å². The highest BCUT2D eigenvalue weighted by molar-refractivity contribution is 7.80. The third-order valence-electron chi connectivity index (χ3n) is 4.17. The summed E-state index contributed by atoms with van der Waals surface area (Å²) in [6.45, 7) is 2.65. The number of hydrazone groups is 1. The molecule has 0 aliphatic heterocycles. The van der Waals surface area contributed by atoms with Crippen molar-refractivity contribution in [2.75, 3.05) is 6.61 Å².